The third-order valence-corrected chi connectivity index (χ3v) is 1.29. The number of halogens is 2. The minimum Gasteiger partial charge on any atom is -0.251 e. The van der Waals surface area contributed by atoms with E-state index < -0.39 is 0 Å². The van der Waals surface area contributed by atoms with Crippen molar-refractivity contribution in [3.8, 4) is 0 Å². The smallest absolute Gasteiger partial charge is 0.147 e. The zero-order valence-electron chi connectivity index (χ0n) is 5.01. The third kappa shape index (κ3) is 1.69. The van der Waals surface area contributed by atoms with Crippen molar-refractivity contribution < 1.29 is 0 Å². The van der Waals surface area contributed by atoms with E-state index in [1.165, 1.54) is 12.4 Å². The van der Waals surface area contributed by atoms with Crippen molar-refractivity contribution in [2.75, 3.05) is 0 Å². The number of hydrogen-bond donors (Lipinski definition) is 0. The van der Waals surface area contributed by atoms with Gasteiger partial charge in [0.1, 0.15) is 5.15 Å². The van der Waals surface area contributed by atoms with Crippen LogP contribution in [-0.2, 0) is 0 Å². The molecule has 0 spiro atoms. The summed E-state index contributed by atoms with van der Waals surface area (Å²) in [6.45, 7) is 3.47. The largest absolute Gasteiger partial charge is 0.251 e. The number of rotatable bonds is 1. The molecule has 1 rings (SSSR count). The summed E-state index contributed by atoms with van der Waals surface area (Å²) in [5.74, 6) is 0. The second-order valence-electron chi connectivity index (χ2n) is 1.63. The van der Waals surface area contributed by atoms with Crippen molar-refractivity contribution in [2.45, 2.75) is 0 Å². The van der Waals surface area contributed by atoms with E-state index in [0.29, 0.717) is 15.9 Å². The molecule has 0 aromatic carbocycles. The van der Waals surface area contributed by atoms with E-state index in [1.807, 2.05) is 0 Å². The Kier molecular flexibility index (Phi) is 2.25. The molecule has 1 aromatic heterocycles. The van der Waals surface area contributed by atoms with Crippen molar-refractivity contribution in [3.63, 3.8) is 0 Å². The summed E-state index contributed by atoms with van der Waals surface area (Å²) < 4.78 is 0. The van der Waals surface area contributed by atoms with Crippen LogP contribution in [0.5, 0.6) is 0 Å². The first-order valence-electron chi connectivity index (χ1n) is 2.52. The second kappa shape index (κ2) is 2.99. The van der Waals surface area contributed by atoms with Crippen LogP contribution in [-0.4, -0.2) is 9.97 Å². The first-order valence-corrected chi connectivity index (χ1v) is 3.28. The van der Waals surface area contributed by atoms with Crippen molar-refractivity contribution in [3.05, 3.63) is 29.8 Å². The molecule has 0 aliphatic carbocycles. The van der Waals surface area contributed by atoms with Crippen LogP contribution in [0.2, 0.25) is 5.15 Å². The minimum absolute atomic E-state index is 0.349. The molecule has 4 heteroatoms. The predicted octanol–water partition coefficient (Wildman–Crippen LogP) is 2.34. The van der Waals surface area contributed by atoms with Gasteiger partial charge in [0.15, 0.2) is 0 Å². The first-order chi connectivity index (χ1) is 4.70. The summed E-state index contributed by atoms with van der Waals surface area (Å²) in [7, 11) is 0. The van der Waals surface area contributed by atoms with Gasteiger partial charge in [-0.3, -0.25) is 4.98 Å². The Bertz CT molecular complexity index is 242. The summed E-state index contributed by atoms with van der Waals surface area (Å²) in [5.41, 5.74) is 0.547. The van der Waals surface area contributed by atoms with Crippen LogP contribution >= 0.6 is 23.2 Å². The molecule has 0 atom stereocenters. The van der Waals surface area contributed by atoms with Gasteiger partial charge in [-0.1, -0.05) is 29.8 Å². The van der Waals surface area contributed by atoms with E-state index in [2.05, 4.69) is 16.5 Å². The monoisotopic (exact) mass is 174 g/mol. The molecular weight excluding hydrogens is 171 g/mol. The maximum atomic E-state index is 5.52. The van der Waals surface area contributed by atoms with Crippen molar-refractivity contribution in [1.82, 2.24) is 9.97 Å². The van der Waals surface area contributed by atoms with Gasteiger partial charge in [0.25, 0.3) is 0 Å². The molecule has 0 saturated heterocycles. The number of nitrogens with zero attached hydrogens (tertiary/aromatic N) is 2. The van der Waals surface area contributed by atoms with Crippen molar-refractivity contribution in [2.24, 2.45) is 0 Å². The van der Waals surface area contributed by atoms with E-state index in [4.69, 9.17) is 23.2 Å². The SMILES string of the molecule is C=C(Cl)c1cnc(Cl)cn1. The Morgan fingerprint density at radius 1 is 1.40 bits per heavy atom. The highest BCUT2D eigenvalue weighted by Gasteiger charge is 1.95. The molecule has 0 unspecified atom stereocenters. The molecule has 0 saturated carbocycles. The molecule has 0 fully saturated rings. The van der Waals surface area contributed by atoms with Gasteiger partial charge in [0.2, 0.25) is 0 Å². The van der Waals surface area contributed by atoms with Crippen LogP contribution in [0, 0.1) is 0 Å². The van der Waals surface area contributed by atoms with Gasteiger partial charge in [-0.25, -0.2) is 4.98 Å². The maximum absolute atomic E-state index is 5.52. The van der Waals surface area contributed by atoms with Crippen molar-refractivity contribution >= 4 is 28.2 Å². The molecule has 2 nitrogen and oxygen atoms in total. The van der Waals surface area contributed by atoms with Crippen LogP contribution in [0.1, 0.15) is 5.69 Å². The number of aromatic nitrogens is 2. The molecule has 0 N–H and O–H groups in total. The number of hydrogen-bond acceptors (Lipinski definition) is 2. The van der Waals surface area contributed by atoms with Gasteiger partial charge >= 0.3 is 0 Å². The lowest BCUT2D eigenvalue weighted by Crippen LogP contribution is -1.84. The van der Waals surface area contributed by atoms with Gasteiger partial charge in [-0.05, 0) is 0 Å². The lowest BCUT2D eigenvalue weighted by Gasteiger charge is -1.93. The summed E-state index contributed by atoms with van der Waals surface area (Å²) in [5, 5.41) is 0.714. The van der Waals surface area contributed by atoms with Crippen LogP contribution in [0.4, 0.5) is 0 Å². The molecular formula is C6H4Cl2N2. The topological polar surface area (TPSA) is 25.8 Å². The molecule has 1 heterocycles. The zero-order valence-corrected chi connectivity index (χ0v) is 6.52. The van der Waals surface area contributed by atoms with Gasteiger partial charge in [-0.2, -0.15) is 0 Å². The van der Waals surface area contributed by atoms with E-state index in [-0.39, 0.29) is 0 Å². The molecule has 0 bridgehead atoms. The molecule has 0 amide bonds. The van der Waals surface area contributed by atoms with Crippen LogP contribution in [0.15, 0.2) is 19.0 Å². The van der Waals surface area contributed by atoms with E-state index in [9.17, 15) is 0 Å². The second-order valence-corrected chi connectivity index (χ2v) is 2.47. The third-order valence-electron chi connectivity index (χ3n) is 0.898. The standard InChI is InChI=1S/C6H4Cl2N2/c1-4(7)5-2-10-6(8)3-9-5/h2-3H,1H2. The van der Waals surface area contributed by atoms with Gasteiger partial charge < -0.3 is 0 Å². The quantitative estimate of drug-likeness (QED) is 0.654. The summed E-state index contributed by atoms with van der Waals surface area (Å²) in [6, 6.07) is 0. The Balaban J connectivity index is 3.00. The Morgan fingerprint density at radius 3 is 2.50 bits per heavy atom. The molecule has 1 aromatic rings. The highest BCUT2D eigenvalue weighted by Crippen LogP contribution is 2.12. The summed E-state index contributed by atoms with van der Waals surface area (Å²) in [4.78, 5) is 7.61. The molecule has 0 radical (unpaired) electrons. The molecule has 10 heavy (non-hydrogen) atoms. The highest BCUT2D eigenvalue weighted by atomic mass is 35.5. The Morgan fingerprint density at radius 2 is 2.10 bits per heavy atom. The maximum Gasteiger partial charge on any atom is 0.147 e. The van der Waals surface area contributed by atoms with Crippen LogP contribution < -0.4 is 0 Å². The highest BCUT2D eigenvalue weighted by molar-refractivity contribution is 6.48. The summed E-state index contributed by atoms with van der Waals surface area (Å²) in [6.07, 6.45) is 2.89. The normalized spacial score (nSPS) is 9.40. The molecule has 52 valence electrons. The molecule has 0 aliphatic heterocycles. The lowest BCUT2D eigenvalue weighted by molar-refractivity contribution is 1.18. The average Bonchev–Trinajstić information content (AvgIpc) is 1.88. The minimum atomic E-state index is 0.349. The Labute approximate surface area is 68.5 Å². The van der Waals surface area contributed by atoms with Gasteiger partial charge in [-0.15, -0.1) is 0 Å². The van der Waals surface area contributed by atoms with Crippen LogP contribution in [0.3, 0.4) is 0 Å². The first kappa shape index (κ1) is 7.51. The fourth-order valence-corrected chi connectivity index (χ4v) is 0.648. The predicted molar refractivity (Wildman–Crippen MR) is 41.9 cm³/mol. The van der Waals surface area contributed by atoms with Crippen LogP contribution in [0.25, 0.3) is 5.03 Å². The molecule has 0 aliphatic rings. The summed E-state index contributed by atoms with van der Waals surface area (Å²) >= 11 is 11.0. The zero-order chi connectivity index (χ0) is 7.56. The van der Waals surface area contributed by atoms with E-state index in [1.54, 1.807) is 0 Å². The van der Waals surface area contributed by atoms with E-state index in [0.717, 1.165) is 0 Å². The van der Waals surface area contributed by atoms with Gasteiger partial charge in [0, 0.05) is 0 Å². The van der Waals surface area contributed by atoms with Crippen molar-refractivity contribution in [1.29, 1.82) is 0 Å². The van der Waals surface area contributed by atoms with Gasteiger partial charge in [0.05, 0.1) is 23.1 Å². The Hall–Kier alpha value is -0.600. The fraction of sp³-hybridized carbons (Fsp3) is 0. The fourth-order valence-electron chi connectivity index (χ4n) is 0.452. The lowest BCUT2D eigenvalue weighted by atomic mass is 10.4. The van der Waals surface area contributed by atoms with E-state index >= 15 is 0 Å². The average molecular weight is 175 g/mol.